The van der Waals surface area contributed by atoms with Gasteiger partial charge in [0.25, 0.3) is 5.56 Å². The summed E-state index contributed by atoms with van der Waals surface area (Å²) in [5.74, 6) is 0. The van der Waals surface area contributed by atoms with E-state index in [1.807, 2.05) is 37.3 Å². The molecule has 0 spiro atoms. The molecule has 0 radical (unpaired) electrons. The van der Waals surface area contributed by atoms with E-state index in [4.69, 9.17) is 18.0 Å². The van der Waals surface area contributed by atoms with Crippen molar-refractivity contribution in [2.45, 2.75) is 6.92 Å². The molecule has 7 nitrogen and oxygen atoms in total. The third kappa shape index (κ3) is 2.00. The van der Waals surface area contributed by atoms with E-state index in [1.54, 1.807) is 10.6 Å². The van der Waals surface area contributed by atoms with Crippen molar-refractivity contribution in [3.8, 4) is 11.1 Å². The lowest BCUT2D eigenvalue weighted by atomic mass is 10.1. The van der Waals surface area contributed by atoms with Gasteiger partial charge in [-0.3, -0.25) is 9.36 Å². The van der Waals surface area contributed by atoms with Gasteiger partial charge >= 0.3 is 0 Å². The molecule has 0 bridgehead atoms. The fourth-order valence-corrected chi connectivity index (χ4v) is 2.91. The van der Waals surface area contributed by atoms with E-state index in [0.717, 1.165) is 21.4 Å². The van der Waals surface area contributed by atoms with Crippen molar-refractivity contribution < 1.29 is 0 Å². The summed E-state index contributed by atoms with van der Waals surface area (Å²) in [6.45, 7) is 1.90. The number of thiocarbonyl (C=S) groups is 1. The van der Waals surface area contributed by atoms with Crippen LogP contribution in [0.15, 0.2) is 47.4 Å². The van der Waals surface area contributed by atoms with Gasteiger partial charge in [-0.25, -0.2) is 4.52 Å². The van der Waals surface area contributed by atoms with Crippen LogP contribution in [0.2, 0.25) is 0 Å². The number of nitrogens with zero attached hydrogens (tertiary/aromatic N) is 5. The Morgan fingerprint density at radius 1 is 1.17 bits per heavy atom. The summed E-state index contributed by atoms with van der Waals surface area (Å²) < 4.78 is 2.79. The lowest BCUT2D eigenvalue weighted by Gasteiger charge is -2.05. The molecule has 3 heterocycles. The average Bonchev–Trinajstić information content (AvgIpc) is 2.92. The van der Waals surface area contributed by atoms with E-state index < -0.39 is 5.56 Å². The Bertz CT molecular complexity index is 1160. The predicted molar refractivity (Wildman–Crippen MR) is 94.9 cm³/mol. The highest BCUT2D eigenvalue weighted by molar-refractivity contribution is 7.80. The molecule has 24 heavy (non-hydrogen) atoms. The minimum Gasteiger partial charge on any atom is -0.376 e. The lowest BCUT2D eigenvalue weighted by Crippen LogP contribution is -2.31. The zero-order valence-electron chi connectivity index (χ0n) is 12.7. The Morgan fingerprint density at radius 3 is 2.62 bits per heavy atom. The van der Waals surface area contributed by atoms with Crippen LogP contribution in [0.4, 0.5) is 0 Å². The van der Waals surface area contributed by atoms with Crippen LogP contribution >= 0.6 is 12.2 Å². The molecule has 4 rings (SSSR count). The zero-order valence-corrected chi connectivity index (χ0v) is 13.5. The summed E-state index contributed by atoms with van der Waals surface area (Å²) in [5, 5.41) is 12.8. The number of pyridine rings is 1. The van der Waals surface area contributed by atoms with Gasteiger partial charge in [0.05, 0.1) is 11.3 Å². The van der Waals surface area contributed by atoms with Crippen LogP contribution in [0.5, 0.6) is 0 Å². The van der Waals surface area contributed by atoms with E-state index >= 15 is 0 Å². The number of hydrogen-bond donors (Lipinski definition) is 1. The summed E-state index contributed by atoms with van der Waals surface area (Å²) in [6.07, 6.45) is 1.52. The molecule has 2 N–H and O–H groups in total. The van der Waals surface area contributed by atoms with Gasteiger partial charge in [-0.15, -0.1) is 10.2 Å². The van der Waals surface area contributed by atoms with Crippen molar-refractivity contribution in [3.63, 3.8) is 0 Å². The molecule has 0 fully saturated rings. The van der Waals surface area contributed by atoms with Crippen molar-refractivity contribution in [1.29, 1.82) is 0 Å². The monoisotopic (exact) mass is 336 g/mol. The minimum absolute atomic E-state index is 0.0367. The average molecular weight is 336 g/mol. The second-order valence-electron chi connectivity index (χ2n) is 5.32. The smallest absolute Gasteiger partial charge is 0.286 e. The molecule has 0 aliphatic heterocycles. The van der Waals surface area contributed by atoms with E-state index in [2.05, 4.69) is 15.3 Å². The van der Waals surface area contributed by atoms with Crippen LogP contribution in [-0.4, -0.2) is 29.5 Å². The molecule has 0 aliphatic rings. The highest BCUT2D eigenvalue weighted by atomic mass is 32.1. The maximum absolute atomic E-state index is 12.4. The normalized spacial score (nSPS) is 11.2. The van der Waals surface area contributed by atoms with Crippen LogP contribution < -0.4 is 11.3 Å². The molecule has 0 unspecified atom stereocenters. The molecule has 0 saturated carbocycles. The third-order valence-electron chi connectivity index (χ3n) is 3.85. The molecule has 0 atom stereocenters. The van der Waals surface area contributed by atoms with E-state index in [1.165, 1.54) is 6.20 Å². The first kappa shape index (κ1) is 14.5. The van der Waals surface area contributed by atoms with Gasteiger partial charge in [0.2, 0.25) is 0 Å². The summed E-state index contributed by atoms with van der Waals surface area (Å²) in [4.78, 5) is 12.4. The first-order valence-electron chi connectivity index (χ1n) is 7.20. The number of benzene rings is 1. The van der Waals surface area contributed by atoms with E-state index in [0.29, 0.717) is 11.2 Å². The molecule has 0 amide bonds. The van der Waals surface area contributed by atoms with Gasteiger partial charge in [-0.2, -0.15) is 5.10 Å². The Balaban J connectivity index is 2.10. The first-order chi connectivity index (χ1) is 11.6. The quantitative estimate of drug-likeness (QED) is 0.530. The lowest BCUT2D eigenvalue weighted by molar-refractivity contribution is 0.913. The SMILES string of the molecule is Cc1nn2c(nnc3c(=O)n(C(N)=S)ccc32)c1-c1ccccc1. The largest absolute Gasteiger partial charge is 0.376 e. The Labute approximate surface area is 141 Å². The Morgan fingerprint density at radius 2 is 1.92 bits per heavy atom. The summed E-state index contributed by atoms with van der Waals surface area (Å²) in [5.41, 5.74) is 9.15. The Hall–Kier alpha value is -3.13. The standard InChI is InChI=1S/C16H12N6OS/c1-9-12(10-5-3-2-4-6-10)14-19-18-13-11(22(14)20-9)7-8-21(15(13)23)16(17)24/h2-8H,1H3,(H2,17,24). The fraction of sp³-hybridized carbons (Fsp3) is 0.0625. The van der Waals surface area contributed by atoms with Crippen LogP contribution in [0.3, 0.4) is 0 Å². The van der Waals surface area contributed by atoms with Crippen LogP contribution in [0.25, 0.3) is 27.8 Å². The number of aryl methyl sites for hydroxylation is 1. The number of nitrogens with two attached hydrogens (primary N) is 1. The number of hydrogen-bond acceptors (Lipinski definition) is 5. The maximum atomic E-state index is 12.4. The molecule has 0 aliphatic carbocycles. The van der Waals surface area contributed by atoms with Gasteiger partial charge in [-0.05, 0) is 30.8 Å². The summed E-state index contributed by atoms with van der Waals surface area (Å²) >= 11 is 4.87. The van der Waals surface area contributed by atoms with Crippen LogP contribution in [0.1, 0.15) is 5.69 Å². The highest BCUT2D eigenvalue weighted by Crippen LogP contribution is 2.27. The van der Waals surface area contributed by atoms with Gasteiger partial charge < -0.3 is 5.73 Å². The topological polar surface area (TPSA) is 91.1 Å². The molecule has 4 aromatic rings. The zero-order chi connectivity index (χ0) is 16.8. The van der Waals surface area contributed by atoms with E-state index in [9.17, 15) is 4.79 Å². The summed E-state index contributed by atoms with van der Waals surface area (Å²) in [6, 6.07) is 11.5. The molecule has 0 saturated heterocycles. The van der Waals surface area contributed by atoms with Crippen LogP contribution in [0, 0.1) is 6.92 Å². The predicted octanol–water partition coefficient (Wildman–Crippen LogP) is 1.51. The summed E-state index contributed by atoms with van der Waals surface area (Å²) in [7, 11) is 0. The highest BCUT2D eigenvalue weighted by Gasteiger charge is 2.17. The molecule has 8 heteroatoms. The second kappa shape index (κ2) is 5.20. The van der Waals surface area contributed by atoms with Crippen molar-refractivity contribution in [1.82, 2.24) is 24.4 Å². The van der Waals surface area contributed by atoms with Crippen molar-refractivity contribution >= 4 is 34.0 Å². The second-order valence-corrected chi connectivity index (χ2v) is 5.74. The minimum atomic E-state index is -0.413. The molecule has 1 aromatic carbocycles. The number of rotatable bonds is 1. The molecular weight excluding hydrogens is 324 g/mol. The first-order valence-corrected chi connectivity index (χ1v) is 7.61. The van der Waals surface area contributed by atoms with Gasteiger partial charge in [0.1, 0.15) is 5.52 Å². The van der Waals surface area contributed by atoms with Crippen molar-refractivity contribution in [3.05, 3.63) is 58.6 Å². The Kier molecular flexibility index (Phi) is 3.14. The number of aromatic nitrogens is 5. The van der Waals surface area contributed by atoms with Gasteiger partial charge in [-0.1, -0.05) is 30.3 Å². The van der Waals surface area contributed by atoms with Gasteiger partial charge in [0, 0.05) is 6.20 Å². The molecule has 3 aromatic heterocycles. The van der Waals surface area contributed by atoms with E-state index in [-0.39, 0.29) is 10.6 Å². The number of fused-ring (bicyclic) bond motifs is 3. The fourth-order valence-electron chi connectivity index (χ4n) is 2.77. The van der Waals surface area contributed by atoms with Crippen LogP contribution in [-0.2, 0) is 0 Å². The van der Waals surface area contributed by atoms with Crippen molar-refractivity contribution in [2.24, 2.45) is 5.73 Å². The third-order valence-corrected chi connectivity index (χ3v) is 4.05. The van der Waals surface area contributed by atoms with Gasteiger partial charge in [0.15, 0.2) is 16.3 Å². The maximum Gasteiger partial charge on any atom is 0.286 e. The molecular formula is C16H12N6OS. The van der Waals surface area contributed by atoms with Crippen molar-refractivity contribution in [2.75, 3.05) is 0 Å². The molecule has 118 valence electrons.